The number of amides is 3. The number of unbranched alkanes of at least 4 members (excludes halogenated alkanes) is 8. The zero-order valence-corrected chi connectivity index (χ0v) is 26.4. The summed E-state index contributed by atoms with van der Waals surface area (Å²) in [4.78, 5) is 52.4. The van der Waals surface area contributed by atoms with Gasteiger partial charge < -0.3 is 14.8 Å². The average Bonchev–Trinajstić information content (AvgIpc) is 3.34. The molecule has 0 saturated heterocycles. The first kappa shape index (κ1) is 33.4. The molecule has 3 amide bonds. The van der Waals surface area contributed by atoms with Gasteiger partial charge in [0.2, 0.25) is 0 Å². The maximum Gasteiger partial charge on any atom is 0.322 e. The molecule has 0 saturated carbocycles. The van der Waals surface area contributed by atoms with Gasteiger partial charge in [-0.25, -0.2) is 4.79 Å². The molecule has 0 unspecified atom stereocenters. The van der Waals surface area contributed by atoms with Gasteiger partial charge in [-0.15, -0.1) is 0 Å². The van der Waals surface area contributed by atoms with Crippen molar-refractivity contribution in [2.24, 2.45) is 0 Å². The quantitative estimate of drug-likeness (QED) is 0.0954. The molecular formula is C37H44N2O6. The molecule has 0 fully saturated rings. The van der Waals surface area contributed by atoms with Crippen LogP contribution in [0.2, 0.25) is 0 Å². The largest absolute Gasteiger partial charge is 0.426 e. The molecule has 0 atom stereocenters. The van der Waals surface area contributed by atoms with Gasteiger partial charge in [0.25, 0.3) is 5.91 Å². The predicted molar refractivity (Wildman–Crippen MR) is 174 cm³/mol. The number of carbonyl (C=O) groups is 4. The van der Waals surface area contributed by atoms with Crippen molar-refractivity contribution in [3.05, 3.63) is 83.4 Å². The normalized spacial score (nSPS) is 11.8. The fraction of sp³-hybridized carbons (Fsp3) is 0.405. The molecule has 3 aromatic carbocycles. The van der Waals surface area contributed by atoms with Crippen molar-refractivity contribution in [2.45, 2.75) is 96.9 Å². The molecule has 8 heteroatoms. The summed E-state index contributed by atoms with van der Waals surface area (Å²) in [6, 6.07) is 18.9. The van der Waals surface area contributed by atoms with Crippen molar-refractivity contribution < 1.29 is 28.7 Å². The van der Waals surface area contributed by atoms with Gasteiger partial charge in [-0.3, -0.25) is 19.7 Å². The van der Waals surface area contributed by atoms with Crippen LogP contribution in [-0.4, -0.2) is 23.9 Å². The van der Waals surface area contributed by atoms with Gasteiger partial charge in [-0.1, -0.05) is 120 Å². The molecule has 45 heavy (non-hydrogen) atoms. The van der Waals surface area contributed by atoms with E-state index in [2.05, 4.69) is 24.5 Å². The molecule has 4 rings (SSSR count). The van der Waals surface area contributed by atoms with Crippen LogP contribution in [0.15, 0.2) is 66.7 Å². The Labute approximate surface area is 265 Å². The maximum atomic E-state index is 13.6. The number of benzene rings is 3. The number of ether oxygens (including phenoxy) is 2. The van der Waals surface area contributed by atoms with Crippen LogP contribution in [0.1, 0.15) is 118 Å². The van der Waals surface area contributed by atoms with Gasteiger partial charge in [-0.05, 0) is 47.2 Å². The Morgan fingerprint density at radius 1 is 0.600 bits per heavy atom. The van der Waals surface area contributed by atoms with E-state index < -0.39 is 29.9 Å². The van der Waals surface area contributed by atoms with Crippen molar-refractivity contribution in [2.75, 3.05) is 0 Å². The minimum absolute atomic E-state index is 0.0661. The number of nitrogens with one attached hydrogen (secondary N) is 2. The van der Waals surface area contributed by atoms with E-state index in [-0.39, 0.29) is 29.9 Å². The SMILES string of the molecule is CCCCCCCC(=O)Oc1cccc(OC(=O)CCCCCCC)c1C(=O)NC(=O)NC1c2ccccc2-c2ccccc21. The first-order valence-electron chi connectivity index (χ1n) is 16.3. The molecule has 2 N–H and O–H groups in total. The fourth-order valence-electron chi connectivity index (χ4n) is 5.64. The lowest BCUT2D eigenvalue weighted by atomic mass is 10.1. The Hall–Kier alpha value is -4.46. The van der Waals surface area contributed by atoms with Gasteiger partial charge in [-0.2, -0.15) is 0 Å². The summed E-state index contributed by atoms with van der Waals surface area (Å²) in [5, 5.41) is 5.29. The number of esters is 2. The maximum absolute atomic E-state index is 13.6. The number of fused-ring (bicyclic) bond motifs is 3. The van der Waals surface area contributed by atoms with Crippen LogP contribution in [-0.2, 0) is 9.59 Å². The summed E-state index contributed by atoms with van der Waals surface area (Å²) in [5.41, 5.74) is 3.69. The first-order valence-corrected chi connectivity index (χ1v) is 16.3. The summed E-state index contributed by atoms with van der Waals surface area (Å²) in [7, 11) is 0. The standard InChI is InChI=1S/C37H44N2O6/c1-3-5-7-9-11-24-32(40)44-30-22-17-23-31(45-33(41)25-12-10-8-6-4-2)34(30)36(42)39-37(43)38-35-28-20-15-13-18-26(28)27-19-14-16-21-29(27)35/h13-23,35H,3-12,24-25H2,1-2H3,(H2,38,39,42,43). The van der Waals surface area contributed by atoms with Crippen LogP contribution in [0.4, 0.5) is 4.79 Å². The molecule has 0 spiro atoms. The number of imide groups is 1. The van der Waals surface area contributed by atoms with Crippen LogP contribution in [0, 0.1) is 0 Å². The molecule has 0 aromatic heterocycles. The molecule has 238 valence electrons. The number of carbonyl (C=O) groups excluding carboxylic acids is 4. The van der Waals surface area contributed by atoms with Gasteiger partial charge >= 0.3 is 18.0 Å². The highest BCUT2D eigenvalue weighted by molar-refractivity contribution is 6.08. The van der Waals surface area contributed by atoms with Crippen molar-refractivity contribution in [3.63, 3.8) is 0 Å². The predicted octanol–water partition coefficient (Wildman–Crippen LogP) is 8.43. The van der Waals surface area contributed by atoms with Crippen LogP contribution in [0.5, 0.6) is 11.5 Å². The Morgan fingerprint density at radius 2 is 1.07 bits per heavy atom. The average molecular weight is 613 g/mol. The van der Waals surface area contributed by atoms with Crippen LogP contribution < -0.4 is 20.1 Å². The molecular weight excluding hydrogens is 568 g/mol. The van der Waals surface area contributed by atoms with E-state index in [0.717, 1.165) is 73.6 Å². The van der Waals surface area contributed by atoms with E-state index in [0.29, 0.717) is 12.8 Å². The Kier molecular flexibility index (Phi) is 12.7. The minimum Gasteiger partial charge on any atom is -0.426 e. The Balaban J connectivity index is 1.49. The van der Waals surface area contributed by atoms with Crippen molar-refractivity contribution in [3.8, 4) is 22.6 Å². The second-order valence-corrected chi connectivity index (χ2v) is 11.4. The lowest BCUT2D eigenvalue weighted by molar-refractivity contribution is -0.135. The third kappa shape index (κ3) is 9.27. The van der Waals surface area contributed by atoms with E-state index >= 15 is 0 Å². The van der Waals surface area contributed by atoms with Crippen molar-refractivity contribution in [1.82, 2.24) is 10.6 Å². The van der Waals surface area contributed by atoms with Gasteiger partial charge in [0.1, 0.15) is 17.1 Å². The minimum atomic E-state index is -0.843. The summed E-state index contributed by atoms with van der Waals surface area (Å²) >= 11 is 0. The Bertz CT molecular complexity index is 1390. The number of rotatable bonds is 16. The van der Waals surface area contributed by atoms with Gasteiger partial charge in [0, 0.05) is 12.8 Å². The van der Waals surface area contributed by atoms with E-state index in [1.807, 2.05) is 48.5 Å². The van der Waals surface area contributed by atoms with Crippen LogP contribution in [0.25, 0.3) is 11.1 Å². The van der Waals surface area contributed by atoms with Gasteiger partial charge in [0.05, 0.1) is 6.04 Å². The molecule has 1 aliphatic rings. The van der Waals surface area contributed by atoms with Crippen molar-refractivity contribution >= 4 is 23.9 Å². The number of hydrogen-bond donors (Lipinski definition) is 2. The van der Waals surface area contributed by atoms with Crippen molar-refractivity contribution in [1.29, 1.82) is 0 Å². The zero-order chi connectivity index (χ0) is 32.0. The van der Waals surface area contributed by atoms with E-state index in [1.54, 1.807) is 6.07 Å². The topological polar surface area (TPSA) is 111 Å². The molecule has 3 aromatic rings. The fourth-order valence-corrected chi connectivity index (χ4v) is 5.64. The van der Waals surface area contributed by atoms with E-state index in [9.17, 15) is 19.2 Å². The number of urea groups is 1. The molecule has 0 radical (unpaired) electrons. The lowest BCUT2D eigenvalue weighted by Gasteiger charge is -2.18. The highest BCUT2D eigenvalue weighted by Gasteiger charge is 2.30. The lowest BCUT2D eigenvalue weighted by Crippen LogP contribution is -2.41. The van der Waals surface area contributed by atoms with Crippen LogP contribution in [0.3, 0.4) is 0 Å². The zero-order valence-electron chi connectivity index (χ0n) is 26.4. The molecule has 0 heterocycles. The monoisotopic (exact) mass is 612 g/mol. The highest BCUT2D eigenvalue weighted by atomic mass is 16.5. The summed E-state index contributed by atoms with van der Waals surface area (Å²) < 4.78 is 11.2. The van der Waals surface area contributed by atoms with Crippen LogP contribution >= 0.6 is 0 Å². The molecule has 1 aliphatic carbocycles. The highest BCUT2D eigenvalue weighted by Crippen LogP contribution is 2.43. The third-order valence-electron chi connectivity index (χ3n) is 7.97. The summed E-state index contributed by atoms with van der Waals surface area (Å²) in [6.45, 7) is 4.25. The first-order chi connectivity index (χ1) is 21.9. The summed E-state index contributed by atoms with van der Waals surface area (Å²) in [5.74, 6) is -1.97. The Morgan fingerprint density at radius 3 is 1.56 bits per heavy atom. The van der Waals surface area contributed by atoms with E-state index in [4.69, 9.17) is 9.47 Å². The summed E-state index contributed by atoms with van der Waals surface area (Å²) in [6.07, 6.45) is 9.98. The second-order valence-electron chi connectivity index (χ2n) is 11.4. The van der Waals surface area contributed by atoms with Gasteiger partial charge in [0.15, 0.2) is 0 Å². The van der Waals surface area contributed by atoms with E-state index in [1.165, 1.54) is 12.1 Å². The molecule has 0 aliphatic heterocycles. The number of hydrogen-bond acceptors (Lipinski definition) is 6. The molecule has 8 nitrogen and oxygen atoms in total. The second kappa shape index (κ2) is 17.1. The smallest absolute Gasteiger partial charge is 0.322 e. The third-order valence-corrected chi connectivity index (χ3v) is 7.97. The molecule has 0 bridgehead atoms.